The first-order valence-electron chi connectivity index (χ1n) is 6.06. The summed E-state index contributed by atoms with van der Waals surface area (Å²) >= 11 is 3.34. The molecule has 3 aromatic rings. The quantitative estimate of drug-likeness (QED) is 0.759. The molecule has 2 heterocycles. The van der Waals surface area contributed by atoms with Crippen molar-refractivity contribution in [3.8, 4) is 11.8 Å². The van der Waals surface area contributed by atoms with Crippen LogP contribution >= 0.6 is 15.9 Å². The van der Waals surface area contributed by atoms with Gasteiger partial charge in [0.1, 0.15) is 5.75 Å². The second-order valence-corrected chi connectivity index (χ2v) is 5.42. The van der Waals surface area contributed by atoms with Gasteiger partial charge in [-0.05, 0) is 18.2 Å². The van der Waals surface area contributed by atoms with E-state index in [-0.39, 0.29) is 17.2 Å². The van der Waals surface area contributed by atoms with Gasteiger partial charge < -0.3 is 9.72 Å². The number of hydrogen-bond donors (Lipinski definition) is 1. The van der Waals surface area contributed by atoms with Gasteiger partial charge in [-0.15, -0.1) is 0 Å². The van der Waals surface area contributed by atoms with Crippen molar-refractivity contribution in [3.05, 3.63) is 49.6 Å². The maximum absolute atomic E-state index is 12.0. The van der Waals surface area contributed by atoms with Crippen molar-refractivity contribution in [1.29, 1.82) is 0 Å². The maximum Gasteiger partial charge on any atom is 0.332 e. The van der Waals surface area contributed by atoms with Crippen molar-refractivity contribution in [2.75, 3.05) is 0 Å². The number of ether oxygens (including phenoxy) is 1. The molecular formula is C13H11BrN4O3. The number of imidazole rings is 1. The Morgan fingerprint density at radius 3 is 2.71 bits per heavy atom. The summed E-state index contributed by atoms with van der Waals surface area (Å²) in [6.07, 6.45) is 0. The standard InChI is InChI=1S/C13H11BrN4O3/c1-17-10-9(11(19)18(2)13(17)20)15-12(16-10)21-8-5-3-4-7(14)6-8/h3-6H,1-2H3,(H,15,16). The van der Waals surface area contributed by atoms with E-state index in [1.54, 1.807) is 19.2 Å². The van der Waals surface area contributed by atoms with Crippen LogP contribution in [0.5, 0.6) is 11.8 Å². The molecule has 8 heteroatoms. The van der Waals surface area contributed by atoms with Crippen LogP contribution in [0.1, 0.15) is 0 Å². The smallest absolute Gasteiger partial charge is 0.332 e. The molecule has 1 aromatic carbocycles. The molecule has 2 aromatic heterocycles. The number of halogens is 1. The van der Waals surface area contributed by atoms with Gasteiger partial charge in [-0.1, -0.05) is 22.0 Å². The highest BCUT2D eigenvalue weighted by molar-refractivity contribution is 9.10. The van der Waals surface area contributed by atoms with Gasteiger partial charge in [0.15, 0.2) is 11.2 Å². The highest BCUT2D eigenvalue weighted by Gasteiger charge is 2.14. The summed E-state index contributed by atoms with van der Waals surface area (Å²) in [5.74, 6) is 0.560. The Labute approximate surface area is 126 Å². The summed E-state index contributed by atoms with van der Waals surface area (Å²) in [5, 5.41) is 0. The monoisotopic (exact) mass is 350 g/mol. The first-order valence-corrected chi connectivity index (χ1v) is 6.86. The van der Waals surface area contributed by atoms with Gasteiger partial charge in [-0.3, -0.25) is 13.9 Å². The van der Waals surface area contributed by atoms with E-state index in [9.17, 15) is 9.59 Å². The molecule has 1 N–H and O–H groups in total. The van der Waals surface area contributed by atoms with Crippen LogP contribution in [0.15, 0.2) is 38.3 Å². The van der Waals surface area contributed by atoms with Crippen molar-refractivity contribution in [2.24, 2.45) is 14.1 Å². The lowest BCUT2D eigenvalue weighted by molar-refractivity contribution is 0.448. The molecule has 7 nitrogen and oxygen atoms in total. The number of nitrogens with zero attached hydrogens (tertiary/aromatic N) is 3. The molecule has 0 aliphatic carbocycles. The largest absolute Gasteiger partial charge is 0.426 e. The highest BCUT2D eigenvalue weighted by atomic mass is 79.9. The molecular weight excluding hydrogens is 340 g/mol. The van der Waals surface area contributed by atoms with E-state index >= 15 is 0 Å². The van der Waals surface area contributed by atoms with E-state index in [2.05, 4.69) is 25.9 Å². The molecule has 0 saturated heterocycles. The van der Waals surface area contributed by atoms with Crippen LogP contribution < -0.4 is 16.0 Å². The van der Waals surface area contributed by atoms with E-state index < -0.39 is 11.2 Å². The van der Waals surface area contributed by atoms with Gasteiger partial charge in [-0.25, -0.2) is 4.79 Å². The zero-order valence-corrected chi connectivity index (χ0v) is 12.8. The number of rotatable bonds is 2. The average Bonchev–Trinajstić information content (AvgIpc) is 2.87. The van der Waals surface area contributed by atoms with Crippen molar-refractivity contribution >= 4 is 27.1 Å². The van der Waals surface area contributed by atoms with Crippen LogP contribution in [-0.4, -0.2) is 19.1 Å². The molecule has 0 atom stereocenters. The normalized spacial score (nSPS) is 11.0. The van der Waals surface area contributed by atoms with Gasteiger partial charge in [0.2, 0.25) is 0 Å². The minimum atomic E-state index is -0.440. The molecule has 0 bridgehead atoms. The van der Waals surface area contributed by atoms with Gasteiger partial charge in [0.05, 0.1) is 0 Å². The molecule has 0 amide bonds. The van der Waals surface area contributed by atoms with E-state index in [1.165, 1.54) is 11.6 Å². The lowest BCUT2D eigenvalue weighted by Crippen LogP contribution is -2.36. The fraction of sp³-hybridized carbons (Fsp3) is 0.154. The maximum atomic E-state index is 12.0. The second kappa shape index (κ2) is 4.88. The third kappa shape index (κ3) is 2.27. The van der Waals surface area contributed by atoms with Crippen molar-refractivity contribution in [3.63, 3.8) is 0 Å². The molecule has 0 radical (unpaired) electrons. The number of aryl methyl sites for hydroxylation is 1. The zero-order valence-electron chi connectivity index (χ0n) is 11.3. The summed E-state index contributed by atoms with van der Waals surface area (Å²) in [6.45, 7) is 0. The van der Waals surface area contributed by atoms with Crippen LogP contribution in [0.4, 0.5) is 0 Å². The minimum Gasteiger partial charge on any atom is -0.426 e. The first-order chi connectivity index (χ1) is 9.97. The Kier molecular flexibility index (Phi) is 3.17. The number of aromatic amines is 1. The predicted molar refractivity (Wildman–Crippen MR) is 80.8 cm³/mol. The molecule has 0 aliphatic heterocycles. The summed E-state index contributed by atoms with van der Waals surface area (Å²) < 4.78 is 8.74. The summed E-state index contributed by atoms with van der Waals surface area (Å²) in [4.78, 5) is 30.8. The Bertz CT molecular complexity index is 954. The van der Waals surface area contributed by atoms with Crippen LogP contribution in [0.2, 0.25) is 0 Å². The molecule has 21 heavy (non-hydrogen) atoms. The fourth-order valence-electron chi connectivity index (χ4n) is 2.00. The first kappa shape index (κ1) is 13.6. The highest BCUT2D eigenvalue weighted by Crippen LogP contribution is 2.23. The lowest BCUT2D eigenvalue weighted by Gasteiger charge is -2.01. The van der Waals surface area contributed by atoms with E-state index in [1.807, 2.05) is 12.1 Å². The predicted octanol–water partition coefficient (Wildman–Crippen LogP) is 1.52. The lowest BCUT2D eigenvalue weighted by atomic mass is 10.3. The van der Waals surface area contributed by atoms with E-state index in [4.69, 9.17) is 4.74 Å². The van der Waals surface area contributed by atoms with Crippen LogP contribution in [0.25, 0.3) is 11.2 Å². The SMILES string of the molecule is Cn1c(=O)c2[nH]c(Oc3cccc(Br)c3)nc2n(C)c1=O. The average molecular weight is 351 g/mol. The van der Waals surface area contributed by atoms with Gasteiger partial charge in [0, 0.05) is 18.6 Å². The fourth-order valence-corrected chi connectivity index (χ4v) is 2.37. The molecule has 108 valence electrons. The molecule has 0 saturated carbocycles. The number of benzene rings is 1. The van der Waals surface area contributed by atoms with Crippen LogP contribution in [0.3, 0.4) is 0 Å². The van der Waals surface area contributed by atoms with E-state index in [0.717, 1.165) is 9.04 Å². The summed E-state index contributed by atoms with van der Waals surface area (Å²) in [5.41, 5.74) is -0.393. The zero-order chi connectivity index (χ0) is 15.1. The number of aromatic nitrogens is 4. The van der Waals surface area contributed by atoms with Gasteiger partial charge >= 0.3 is 11.7 Å². The third-order valence-electron chi connectivity index (χ3n) is 3.08. The molecule has 3 rings (SSSR count). The van der Waals surface area contributed by atoms with E-state index in [0.29, 0.717) is 5.75 Å². The van der Waals surface area contributed by atoms with Gasteiger partial charge in [0.25, 0.3) is 5.56 Å². The summed E-state index contributed by atoms with van der Waals surface area (Å²) in [7, 11) is 2.97. The number of hydrogen-bond acceptors (Lipinski definition) is 4. The number of H-pyrrole nitrogens is 1. The number of fused-ring (bicyclic) bond motifs is 1. The second-order valence-electron chi connectivity index (χ2n) is 4.51. The summed E-state index contributed by atoms with van der Waals surface area (Å²) in [6, 6.07) is 7.36. The molecule has 0 unspecified atom stereocenters. The Balaban J connectivity index is 2.14. The molecule has 0 aliphatic rings. The topological polar surface area (TPSA) is 81.9 Å². The van der Waals surface area contributed by atoms with Crippen molar-refractivity contribution < 1.29 is 4.74 Å². The third-order valence-corrected chi connectivity index (χ3v) is 3.58. The van der Waals surface area contributed by atoms with Crippen molar-refractivity contribution in [2.45, 2.75) is 0 Å². The van der Waals surface area contributed by atoms with Crippen LogP contribution in [-0.2, 0) is 14.1 Å². The molecule has 0 fully saturated rings. The van der Waals surface area contributed by atoms with Gasteiger partial charge in [-0.2, -0.15) is 4.98 Å². The Morgan fingerprint density at radius 1 is 1.24 bits per heavy atom. The Morgan fingerprint density at radius 2 is 2.00 bits per heavy atom. The minimum absolute atomic E-state index is 0.154. The molecule has 0 spiro atoms. The number of nitrogens with one attached hydrogen (secondary N) is 1. The van der Waals surface area contributed by atoms with Crippen LogP contribution in [0, 0.1) is 0 Å². The van der Waals surface area contributed by atoms with Crippen molar-refractivity contribution in [1.82, 2.24) is 19.1 Å². The Hall–Kier alpha value is -2.35.